The number of hydrogen-bond donors (Lipinski definition) is 3. The quantitative estimate of drug-likeness (QED) is 0.454. The molecule has 0 radical (unpaired) electrons. The number of nitrogens with one attached hydrogen (secondary N) is 2. The molecule has 0 aliphatic heterocycles. The van der Waals surface area contributed by atoms with Gasteiger partial charge in [0.15, 0.2) is 12.6 Å². The highest BCUT2D eigenvalue weighted by Crippen LogP contribution is 2.20. The first kappa shape index (κ1) is 23.5. The Morgan fingerprint density at radius 1 is 1.07 bits per heavy atom. The minimum absolute atomic E-state index is 0.262. The van der Waals surface area contributed by atoms with E-state index in [9.17, 15) is 19.5 Å². The van der Waals surface area contributed by atoms with Crippen LogP contribution in [0, 0.1) is 0 Å². The molecule has 8 nitrogen and oxygen atoms in total. The Labute approximate surface area is 179 Å². The van der Waals surface area contributed by atoms with Crippen molar-refractivity contribution in [3.05, 3.63) is 42.5 Å². The fourth-order valence-electron chi connectivity index (χ4n) is 2.74. The van der Waals surface area contributed by atoms with Crippen LogP contribution in [0.1, 0.15) is 6.42 Å². The third-order valence-electron chi connectivity index (χ3n) is 4.34. The van der Waals surface area contributed by atoms with Crippen LogP contribution in [0.15, 0.2) is 42.5 Å². The third-order valence-corrected chi connectivity index (χ3v) is 4.98. The molecule has 2 aromatic rings. The summed E-state index contributed by atoms with van der Waals surface area (Å²) in [6, 6.07) is 11.2. The van der Waals surface area contributed by atoms with Gasteiger partial charge in [0, 0.05) is 0 Å². The summed E-state index contributed by atoms with van der Waals surface area (Å²) in [5, 5.41) is 16.3. The number of carbonyl (C=O) groups is 3. The second kappa shape index (κ2) is 12.0. The van der Waals surface area contributed by atoms with Gasteiger partial charge in [0.2, 0.25) is 5.91 Å². The normalized spacial score (nSPS) is 12.6. The van der Waals surface area contributed by atoms with Gasteiger partial charge in [0.25, 0.3) is 5.91 Å². The van der Waals surface area contributed by atoms with Gasteiger partial charge in [-0.25, -0.2) is 4.79 Å². The number of esters is 1. The molecule has 0 saturated carbocycles. The van der Waals surface area contributed by atoms with Crippen molar-refractivity contribution in [2.45, 2.75) is 18.5 Å². The zero-order valence-electron chi connectivity index (χ0n) is 16.9. The van der Waals surface area contributed by atoms with Crippen molar-refractivity contribution in [3.63, 3.8) is 0 Å². The third kappa shape index (κ3) is 6.93. The van der Waals surface area contributed by atoms with Crippen LogP contribution in [0.25, 0.3) is 10.8 Å². The van der Waals surface area contributed by atoms with E-state index in [1.54, 1.807) is 6.07 Å². The summed E-state index contributed by atoms with van der Waals surface area (Å²) in [5.74, 6) is -0.651. The summed E-state index contributed by atoms with van der Waals surface area (Å²) in [5.41, 5.74) is 0. The van der Waals surface area contributed by atoms with Gasteiger partial charge < -0.3 is 25.2 Å². The molecule has 0 fully saturated rings. The van der Waals surface area contributed by atoms with E-state index in [0.717, 1.165) is 17.9 Å². The topological polar surface area (TPSA) is 114 Å². The lowest BCUT2D eigenvalue weighted by Gasteiger charge is -2.21. The van der Waals surface area contributed by atoms with E-state index in [-0.39, 0.29) is 6.61 Å². The van der Waals surface area contributed by atoms with Crippen LogP contribution < -0.4 is 15.4 Å². The standard InChI is InChI=1S/C21H26N2O6S/c1-28-21(27)18(12-24)23-20(26)17(9-10-30-2)22-19(25)13-29-16-8-7-14-5-3-4-6-15(14)11-16/h3-8,11,17-18,24H,9-10,12-13H2,1-2H3,(H,22,25)(H,23,26)/t17-,18-/m0/s1. The zero-order valence-corrected chi connectivity index (χ0v) is 17.7. The monoisotopic (exact) mass is 434 g/mol. The van der Waals surface area contributed by atoms with E-state index in [0.29, 0.717) is 17.9 Å². The summed E-state index contributed by atoms with van der Waals surface area (Å²) in [6.45, 7) is -0.867. The van der Waals surface area contributed by atoms with Crippen molar-refractivity contribution in [1.29, 1.82) is 0 Å². The molecule has 30 heavy (non-hydrogen) atoms. The van der Waals surface area contributed by atoms with Gasteiger partial charge in [0.05, 0.1) is 13.7 Å². The van der Waals surface area contributed by atoms with E-state index in [2.05, 4.69) is 15.4 Å². The summed E-state index contributed by atoms with van der Waals surface area (Å²) >= 11 is 1.52. The van der Waals surface area contributed by atoms with Gasteiger partial charge in [-0.15, -0.1) is 0 Å². The molecule has 0 aromatic heterocycles. The first-order chi connectivity index (χ1) is 14.5. The van der Waals surface area contributed by atoms with Gasteiger partial charge in [-0.2, -0.15) is 11.8 Å². The zero-order chi connectivity index (χ0) is 21.9. The van der Waals surface area contributed by atoms with Crippen LogP contribution in [0.2, 0.25) is 0 Å². The SMILES string of the molecule is COC(=O)[C@H](CO)NC(=O)[C@H](CCSC)NC(=O)COc1ccc2ccccc2c1. The van der Waals surface area contributed by atoms with Gasteiger partial charge in [-0.1, -0.05) is 30.3 Å². The number of benzene rings is 2. The Kier molecular flexibility index (Phi) is 9.43. The molecule has 0 aliphatic rings. The Morgan fingerprint density at radius 3 is 2.47 bits per heavy atom. The van der Waals surface area contributed by atoms with Crippen LogP contribution in [0.5, 0.6) is 5.75 Å². The number of fused-ring (bicyclic) bond motifs is 1. The van der Waals surface area contributed by atoms with Gasteiger partial charge in [-0.05, 0) is 41.3 Å². The molecular weight excluding hydrogens is 408 g/mol. The Morgan fingerprint density at radius 2 is 1.80 bits per heavy atom. The van der Waals surface area contributed by atoms with E-state index in [1.165, 1.54) is 11.8 Å². The van der Waals surface area contributed by atoms with Gasteiger partial charge >= 0.3 is 5.97 Å². The van der Waals surface area contributed by atoms with Gasteiger partial charge in [0.1, 0.15) is 11.8 Å². The average Bonchev–Trinajstić information content (AvgIpc) is 2.77. The summed E-state index contributed by atoms with van der Waals surface area (Å²) in [6.07, 6.45) is 2.23. The molecule has 3 N–H and O–H groups in total. The maximum absolute atomic E-state index is 12.5. The van der Waals surface area contributed by atoms with Crippen molar-refractivity contribution < 1.29 is 29.0 Å². The summed E-state index contributed by atoms with van der Waals surface area (Å²) in [7, 11) is 1.16. The average molecular weight is 435 g/mol. The highest BCUT2D eigenvalue weighted by Gasteiger charge is 2.26. The lowest BCUT2D eigenvalue weighted by atomic mass is 10.1. The fraction of sp³-hybridized carbons (Fsp3) is 0.381. The van der Waals surface area contributed by atoms with E-state index < -0.39 is 36.5 Å². The summed E-state index contributed by atoms with van der Waals surface area (Å²) in [4.78, 5) is 36.4. The number of carbonyl (C=O) groups excluding carboxylic acids is 3. The lowest BCUT2D eigenvalue weighted by molar-refractivity contribution is -0.146. The highest BCUT2D eigenvalue weighted by atomic mass is 32.2. The van der Waals surface area contributed by atoms with Crippen molar-refractivity contribution in [2.24, 2.45) is 0 Å². The maximum Gasteiger partial charge on any atom is 0.330 e. The molecule has 0 spiro atoms. The molecule has 0 saturated heterocycles. The van der Waals surface area contributed by atoms with Gasteiger partial charge in [-0.3, -0.25) is 9.59 Å². The van der Waals surface area contributed by atoms with E-state index in [1.807, 2.05) is 42.7 Å². The number of aliphatic hydroxyl groups excluding tert-OH is 1. The van der Waals surface area contributed by atoms with E-state index in [4.69, 9.17) is 4.74 Å². The van der Waals surface area contributed by atoms with Crippen LogP contribution in [-0.2, 0) is 19.1 Å². The predicted molar refractivity (Wildman–Crippen MR) is 115 cm³/mol. The van der Waals surface area contributed by atoms with Crippen molar-refractivity contribution in [3.8, 4) is 5.75 Å². The van der Waals surface area contributed by atoms with Crippen LogP contribution >= 0.6 is 11.8 Å². The van der Waals surface area contributed by atoms with E-state index >= 15 is 0 Å². The van der Waals surface area contributed by atoms with Crippen molar-refractivity contribution in [1.82, 2.24) is 10.6 Å². The van der Waals surface area contributed by atoms with Crippen LogP contribution in [-0.4, -0.2) is 67.3 Å². The number of ether oxygens (including phenoxy) is 2. The number of rotatable bonds is 11. The molecule has 162 valence electrons. The molecule has 9 heteroatoms. The maximum atomic E-state index is 12.5. The first-order valence-electron chi connectivity index (χ1n) is 9.37. The first-order valence-corrected chi connectivity index (χ1v) is 10.8. The fourth-order valence-corrected chi connectivity index (χ4v) is 3.21. The molecule has 0 heterocycles. The molecule has 2 aromatic carbocycles. The largest absolute Gasteiger partial charge is 0.484 e. The second-order valence-corrected chi connectivity index (χ2v) is 7.45. The molecule has 2 amide bonds. The van der Waals surface area contributed by atoms with Crippen molar-refractivity contribution in [2.75, 3.05) is 32.3 Å². The Balaban J connectivity index is 1.95. The lowest BCUT2D eigenvalue weighted by Crippen LogP contribution is -2.53. The minimum atomic E-state index is -1.19. The molecular formula is C21H26N2O6S. The molecule has 0 aliphatic carbocycles. The Hall–Kier alpha value is -2.78. The minimum Gasteiger partial charge on any atom is -0.484 e. The molecule has 0 bridgehead atoms. The van der Waals surface area contributed by atoms with Crippen molar-refractivity contribution >= 4 is 40.3 Å². The highest BCUT2D eigenvalue weighted by molar-refractivity contribution is 7.98. The Bertz CT molecular complexity index is 875. The van der Waals surface area contributed by atoms with Crippen LogP contribution in [0.3, 0.4) is 0 Å². The number of hydrogen-bond acceptors (Lipinski definition) is 7. The molecule has 0 unspecified atom stereocenters. The molecule has 2 atom stereocenters. The van der Waals surface area contributed by atoms with Crippen LogP contribution in [0.4, 0.5) is 0 Å². The molecule has 2 rings (SSSR count). The second-order valence-electron chi connectivity index (χ2n) is 6.47. The number of methoxy groups -OCH3 is 1. The number of thioether (sulfide) groups is 1. The smallest absolute Gasteiger partial charge is 0.330 e. The summed E-state index contributed by atoms with van der Waals surface area (Å²) < 4.78 is 10.1. The predicted octanol–water partition coefficient (Wildman–Crippen LogP) is 1.11. The number of amides is 2. The number of aliphatic hydroxyl groups is 1.